The van der Waals surface area contributed by atoms with Crippen molar-refractivity contribution in [1.29, 1.82) is 0 Å². The molecule has 1 aromatic carbocycles. The van der Waals surface area contributed by atoms with Crippen LogP contribution in [0, 0.1) is 0 Å². The fraction of sp³-hybridized carbons (Fsp3) is 0.364. The lowest BCUT2D eigenvalue weighted by molar-refractivity contribution is -0.138. The molecule has 1 aromatic rings. The minimum absolute atomic E-state index is 0.0469. The zero-order chi connectivity index (χ0) is 11.9. The number of nitrogens with two attached hydrogens (primary N) is 1. The molecule has 0 aliphatic carbocycles. The first-order valence-electron chi connectivity index (χ1n) is 5.00. The molecular formula is C11H13NO4. The van der Waals surface area contributed by atoms with Crippen LogP contribution in [0.15, 0.2) is 12.1 Å². The van der Waals surface area contributed by atoms with Crippen molar-refractivity contribution in [2.45, 2.75) is 25.5 Å². The number of hydrogen-bond acceptors (Lipinski definition) is 4. The molecule has 0 fully saturated rings. The Balaban J connectivity index is 2.42. The largest absolute Gasteiger partial charge is 0.508 e. The Morgan fingerprint density at radius 3 is 2.94 bits per heavy atom. The van der Waals surface area contributed by atoms with E-state index in [-0.39, 0.29) is 17.4 Å². The van der Waals surface area contributed by atoms with E-state index in [9.17, 15) is 9.90 Å². The molecule has 2 unspecified atom stereocenters. The van der Waals surface area contributed by atoms with Crippen molar-refractivity contribution in [3.63, 3.8) is 0 Å². The summed E-state index contributed by atoms with van der Waals surface area (Å²) in [6.07, 6.45) is 0.761. The van der Waals surface area contributed by atoms with Crippen LogP contribution in [0.2, 0.25) is 0 Å². The van der Waals surface area contributed by atoms with Crippen LogP contribution >= 0.6 is 0 Å². The van der Waals surface area contributed by atoms with E-state index in [1.165, 1.54) is 12.1 Å². The highest BCUT2D eigenvalue weighted by atomic mass is 16.5. The molecule has 1 heterocycles. The van der Waals surface area contributed by atoms with Gasteiger partial charge in [-0.3, -0.25) is 4.79 Å². The average molecular weight is 223 g/mol. The number of carboxylic acids is 1. The van der Waals surface area contributed by atoms with Crippen molar-refractivity contribution >= 4 is 5.97 Å². The van der Waals surface area contributed by atoms with Gasteiger partial charge in [-0.05, 0) is 19.1 Å². The number of carboxylic acid groups (broad SMARTS) is 1. The molecular weight excluding hydrogens is 210 g/mol. The van der Waals surface area contributed by atoms with E-state index >= 15 is 0 Å². The van der Waals surface area contributed by atoms with Gasteiger partial charge in [-0.2, -0.15) is 0 Å². The summed E-state index contributed by atoms with van der Waals surface area (Å²) in [4.78, 5) is 10.7. The Kier molecular flexibility index (Phi) is 2.47. The van der Waals surface area contributed by atoms with Gasteiger partial charge in [0, 0.05) is 17.5 Å². The van der Waals surface area contributed by atoms with Crippen LogP contribution in [0.3, 0.4) is 0 Å². The number of phenols is 1. The summed E-state index contributed by atoms with van der Waals surface area (Å²) in [5.41, 5.74) is 6.51. The lowest BCUT2D eigenvalue weighted by Gasteiger charge is -2.11. The molecule has 2 rings (SSSR count). The van der Waals surface area contributed by atoms with Crippen LogP contribution in [-0.2, 0) is 11.2 Å². The van der Waals surface area contributed by atoms with Gasteiger partial charge in [0.1, 0.15) is 23.6 Å². The lowest BCUT2D eigenvalue weighted by Crippen LogP contribution is -2.20. The topological polar surface area (TPSA) is 92.8 Å². The zero-order valence-electron chi connectivity index (χ0n) is 8.80. The molecule has 1 aliphatic heterocycles. The Bertz CT molecular complexity index is 444. The fourth-order valence-corrected chi connectivity index (χ4v) is 1.85. The summed E-state index contributed by atoms with van der Waals surface area (Å²) in [6.45, 7) is 1.91. The van der Waals surface area contributed by atoms with Crippen molar-refractivity contribution in [3.05, 3.63) is 23.3 Å². The van der Waals surface area contributed by atoms with Crippen molar-refractivity contribution < 1.29 is 19.7 Å². The Labute approximate surface area is 92.5 Å². The second-order valence-electron chi connectivity index (χ2n) is 3.97. The van der Waals surface area contributed by atoms with Crippen LogP contribution in [0.4, 0.5) is 0 Å². The molecule has 0 spiro atoms. The van der Waals surface area contributed by atoms with Crippen molar-refractivity contribution in [3.8, 4) is 11.5 Å². The van der Waals surface area contributed by atoms with Crippen LogP contribution in [0.1, 0.15) is 24.1 Å². The summed E-state index contributed by atoms with van der Waals surface area (Å²) < 4.78 is 5.47. The quantitative estimate of drug-likeness (QED) is 0.689. The minimum Gasteiger partial charge on any atom is -0.508 e. The number of benzene rings is 1. The van der Waals surface area contributed by atoms with Crippen molar-refractivity contribution in [2.24, 2.45) is 5.73 Å². The molecule has 0 amide bonds. The molecule has 0 saturated heterocycles. The van der Waals surface area contributed by atoms with Gasteiger partial charge in [0.25, 0.3) is 0 Å². The number of carbonyl (C=O) groups is 1. The SMILES string of the molecule is CC1Cc2cc(O)c(C(N)C(=O)O)cc2O1. The highest BCUT2D eigenvalue weighted by molar-refractivity contribution is 5.76. The summed E-state index contributed by atoms with van der Waals surface area (Å²) in [5, 5.41) is 18.5. The summed E-state index contributed by atoms with van der Waals surface area (Å²) in [6, 6.07) is 1.80. The van der Waals surface area contributed by atoms with Gasteiger partial charge in [-0.15, -0.1) is 0 Å². The van der Waals surface area contributed by atoms with Gasteiger partial charge in [0.05, 0.1) is 0 Å². The van der Waals surface area contributed by atoms with E-state index in [0.29, 0.717) is 12.2 Å². The highest BCUT2D eigenvalue weighted by Gasteiger charge is 2.25. The third-order valence-corrected chi connectivity index (χ3v) is 2.65. The molecule has 86 valence electrons. The van der Waals surface area contributed by atoms with Crippen molar-refractivity contribution in [1.82, 2.24) is 0 Å². The number of ether oxygens (including phenoxy) is 1. The first-order valence-corrected chi connectivity index (χ1v) is 5.00. The predicted octanol–water partition coefficient (Wildman–Crippen LogP) is 0.800. The normalized spacial score (nSPS) is 20.0. The Morgan fingerprint density at radius 2 is 2.31 bits per heavy atom. The van der Waals surface area contributed by atoms with Gasteiger partial charge in [0.2, 0.25) is 0 Å². The standard InChI is InChI=1S/C11H13NO4/c1-5-2-6-3-8(13)7(4-9(6)16-5)10(12)11(14)15/h3-5,10,13H,2,12H2,1H3,(H,14,15). The second-order valence-corrected chi connectivity index (χ2v) is 3.97. The highest BCUT2D eigenvalue weighted by Crippen LogP contribution is 2.36. The number of hydrogen-bond donors (Lipinski definition) is 3. The van der Waals surface area contributed by atoms with Crippen LogP contribution in [-0.4, -0.2) is 22.3 Å². The molecule has 0 saturated carbocycles. The van der Waals surface area contributed by atoms with Gasteiger partial charge in [-0.25, -0.2) is 0 Å². The first-order chi connectivity index (χ1) is 7.49. The maximum atomic E-state index is 10.7. The zero-order valence-corrected chi connectivity index (χ0v) is 8.80. The molecule has 4 N–H and O–H groups in total. The van der Waals surface area contributed by atoms with E-state index < -0.39 is 12.0 Å². The van der Waals surface area contributed by atoms with Gasteiger partial charge in [0.15, 0.2) is 0 Å². The molecule has 1 aliphatic rings. The number of rotatable bonds is 2. The molecule has 0 radical (unpaired) electrons. The van der Waals surface area contributed by atoms with E-state index in [0.717, 1.165) is 5.56 Å². The third kappa shape index (κ3) is 1.69. The number of aromatic hydroxyl groups is 1. The monoisotopic (exact) mass is 223 g/mol. The third-order valence-electron chi connectivity index (χ3n) is 2.65. The van der Waals surface area contributed by atoms with Crippen molar-refractivity contribution in [2.75, 3.05) is 0 Å². The average Bonchev–Trinajstić information content (AvgIpc) is 2.54. The maximum absolute atomic E-state index is 10.7. The Hall–Kier alpha value is -1.75. The van der Waals surface area contributed by atoms with E-state index in [1.54, 1.807) is 0 Å². The predicted molar refractivity (Wildman–Crippen MR) is 56.5 cm³/mol. The second kappa shape index (κ2) is 3.68. The van der Waals surface area contributed by atoms with Crippen LogP contribution < -0.4 is 10.5 Å². The molecule has 5 heteroatoms. The van der Waals surface area contributed by atoms with Gasteiger partial charge < -0.3 is 20.7 Å². The number of aliphatic carboxylic acids is 1. The van der Waals surface area contributed by atoms with E-state index in [4.69, 9.17) is 15.6 Å². The molecule has 16 heavy (non-hydrogen) atoms. The van der Waals surface area contributed by atoms with Crippen LogP contribution in [0.5, 0.6) is 11.5 Å². The lowest BCUT2D eigenvalue weighted by atomic mass is 10.0. The van der Waals surface area contributed by atoms with Crippen LogP contribution in [0.25, 0.3) is 0 Å². The smallest absolute Gasteiger partial charge is 0.325 e. The van der Waals surface area contributed by atoms with Gasteiger partial charge in [-0.1, -0.05) is 0 Å². The summed E-state index contributed by atoms with van der Waals surface area (Å²) in [7, 11) is 0. The van der Waals surface area contributed by atoms with E-state index in [2.05, 4.69) is 0 Å². The number of fused-ring (bicyclic) bond motifs is 1. The molecule has 0 bridgehead atoms. The van der Waals surface area contributed by atoms with E-state index in [1.807, 2.05) is 6.92 Å². The summed E-state index contributed by atoms with van der Waals surface area (Å²) in [5.74, 6) is -0.662. The number of phenolic OH excluding ortho intramolecular Hbond substituents is 1. The molecule has 0 aromatic heterocycles. The molecule has 2 atom stereocenters. The molecule has 5 nitrogen and oxygen atoms in total. The van der Waals surface area contributed by atoms with Gasteiger partial charge >= 0.3 is 5.97 Å². The summed E-state index contributed by atoms with van der Waals surface area (Å²) >= 11 is 0. The maximum Gasteiger partial charge on any atom is 0.325 e. The minimum atomic E-state index is -1.23. The first kappa shape index (κ1) is 10.8. The Morgan fingerprint density at radius 1 is 1.62 bits per heavy atom. The fourth-order valence-electron chi connectivity index (χ4n) is 1.85.